The molecule has 32 heavy (non-hydrogen) atoms. The maximum absolute atomic E-state index is 12.4. The molecule has 0 saturated heterocycles. The number of nitrogens with one attached hydrogen (secondary N) is 2. The maximum atomic E-state index is 12.4. The Morgan fingerprint density at radius 1 is 0.688 bits per heavy atom. The average Bonchev–Trinajstić information content (AvgIpc) is 2.84. The van der Waals surface area contributed by atoms with Crippen LogP contribution in [0.25, 0.3) is 0 Å². The van der Waals surface area contributed by atoms with Crippen LogP contribution < -0.4 is 20.3 Å². The first-order chi connectivity index (χ1) is 15.6. The number of amides is 2. The fraction of sp³-hybridized carbons (Fsp3) is 0.0833. The Morgan fingerprint density at radius 3 is 1.56 bits per heavy atom. The van der Waals surface area contributed by atoms with E-state index in [9.17, 15) is 9.59 Å². The monoisotopic (exact) mass is 430 g/mol. The van der Waals surface area contributed by atoms with Crippen molar-refractivity contribution in [1.82, 2.24) is 10.9 Å². The molecule has 3 aromatic rings. The summed E-state index contributed by atoms with van der Waals surface area (Å²) >= 11 is 0. The zero-order valence-corrected chi connectivity index (χ0v) is 17.6. The van der Waals surface area contributed by atoms with Gasteiger partial charge in [0, 0.05) is 11.1 Å². The van der Waals surface area contributed by atoms with Gasteiger partial charge in [0.1, 0.15) is 11.5 Å². The lowest BCUT2D eigenvalue weighted by Gasteiger charge is -2.04. The van der Waals surface area contributed by atoms with Crippen molar-refractivity contribution < 1.29 is 19.1 Å². The molecule has 162 valence electrons. The van der Waals surface area contributed by atoms with Crippen LogP contribution in [0.3, 0.4) is 0 Å². The van der Waals surface area contributed by atoms with Crippen molar-refractivity contribution in [2.75, 3.05) is 14.2 Å². The van der Waals surface area contributed by atoms with Gasteiger partial charge in [0.15, 0.2) is 0 Å². The van der Waals surface area contributed by atoms with E-state index >= 15 is 0 Å². The molecule has 0 aliphatic rings. The zero-order chi connectivity index (χ0) is 22.8. The molecule has 0 spiro atoms. The van der Waals surface area contributed by atoms with Crippen molar-refractivity contribution in [1.29, 1.82) is 0 Å². The van der Waals surface area contributed by atoms with Gasteiger partial charge in [-0.1, -0.05) is 30.3 Å². The van der Waals surface area contributed by atoms with E-state index < -0.39 is 11.8 Å². The normalized spacial score (nSPS) is 10.8. The van der Waals surface area contributed by atoms with Crippen LogP contribution in [0.5, 0.6) is 11.5 Å². The van der Waals surface area contributed by atoms with Crippen LogP contribution in [0.1, 0.15) is 31.8 Å². The summed E-state index contributed by atoms with van der Waals surface area (Å²) in [6, 6.07) is 20.7. The highest BCUT2D eigenvalue weighted by Crippen LogP contribution is 2.12. The number of carbonyl (C=O) groups is 2. The Bertz CT molecular complexity index is 1070. The standard InChI is InChI=1S/C24H22N4O4/c1-31-21-10-3-6-17(12-21)15-25-27-23(29)19-8-5-9-20(14-19)24(30)28-26-16-18-7-4-11-22(13-18)32-2/h3-16H,1-2H3,(H,27,29)(H,28,30)/b25-15+,26-16+. The van der Waals surface area contributed by atoms with Gasteiger partial charge in [-0.15, -0.1) is 0 Å². The van der Waals surface area contributed by atoms with E-state index in [4.69, 9.17) is 9.47 Å². The summed E-state index contributed by atoms with van der Waals surface area (Å²) in [5, 5.41) is 7.90. The second kappa shape index (κ2) is 11.1. The summed E-state index contributed by atoms with van der Waals surface area (Å²) in [5.41, 5.74) is 7.00. The van der Waals surface area contributed by atoms with E-state index in [0.29, 0.717) is 11.5 Å². The molecule has 8 heteroatoms. The molecule has 0 aromatic heterocycles. The predicted octanol–water partition coefficient (Wildman–Crippen LogP) is 3.23. The SMILES string of the molecule is COc1cccc(/C=N/NC(=O)c2cccc(C(=O)N/N=C/c3cccc(OC)c3)c2)c1. The number of hydrazone groups is 2. The smallest absolute Gasteiger partial charge is 0.271 e. The van der Waals surface area contributed by atoms with Gasteiger partial charge in [-0.25, -0.2) is 10.9 Å². The Hall–Kier alpha value is -4.46. The lowest BCUT2D eigenvalue weighted by Crippen LogP contribution is -2.20. The maximum Gasteiger partial charge on any atom is 0.271 e. The number of hydrogen-bond donors (Lipinski definition) is 2. The summed E-state index contributed by atoms with van der Waals surface area (Å²) in [5.74, 6) is 0.485. The Kier molecular flexibility index (Phi) is 7.69. The third-order valence-corrected chi connectivity index (χ3v) is 4.33. The average molecular weight is 430 g/mol. The number of benzene rings is 3. The lowest BCUT2D eigenvalue weighted by atomic mass is 10.1. The predicted molar refractivity (Wildman–Crippen MR) is 123 cm³/mol. The van der Waals surface area contributed by atoms with Crippen molar-refractivity contribution in [2.24, 2.45) is 10.2 Å². The highest BCUT2D eigenvalue weighted by atomic mass is 16.5. The van der Waals surface area contributed by atoms with Crippen LogP contribution in [0.2, 0.25) is 0 Å². The highest BCUT2D eigenvalue weighted by Gasteiger charge is 2.09. The number of ether oxygens (including phenoxy) is 2. The molecule has 0 unspecified atom stereocenters. The van der Waals surface area contributed by atoms with Gasteiger partial charge >= 0.3 is 0 Å². The number of methoxy groups -OCH3 is 2. The molecule has 2 N–H and O–H groups in total. The molecule has 0 bridgehead atoms. The Labute approximate surface area is 185 Å². The molecule has 0 aliphatic heterocycles. The van der Waals surface area contributed by atoms with Gasteiger partial charge in [-0.2, -0.15) is 10.2 Å². The van der Waals surface area contributed by atoms with Crippen molar-refractivity contribution in [3.05, 3.63) is 95.1 Å². The number of rotatable bonds is 8. The second-order valence-electron chi connectivity index (χ2n) is 6.53. The molecular weight excluding hydrogens is 408 g/mol. The minimum Gasteiger partial charge on any atom is -0.497 e. The van der Waals surface area contributed by atoms with Crippen LogP contribution in [0, 0.1) is 0 Å². The van der Waals surface area contributed by atoms with Gasteiger partial charge in [0.05, 0.1) is 26.6 Å². The van der Waals surface area contributed by atoms with Crippen molar-refractivity contribution in [2.45, 2.75) is 0 Å². The molecule has 0 aliphatic carbocycles. The van der Waals surface area contributed by atoms with Gasteiger partial charge in [-0.05, 0) is 53.6 Å². The van der Waals surface area contributed by atoms with Crippen LogP contribution in [-0.2, 0) is 0 Å². The fourth-order valence-corrected chi connectivity index (χ4v) is 2.71. The molecule has 0 atom stereocenters. The Balaban J connectivity index is 1.59. The van der Waals surface area contributed by atoms with E-state index in [1.165, 1.54) is 18.5 Å². The van der Waals surface area contributed by atoms with Gasteiger partial charge < -0.3 is 9.47 Å². The summed E-state index contributed by atoms with van der Waals surface area (Å²) in [4.78, 5) is 24.7. The quantitative estimate of drug-likeness (QED) is 0.423. The van der Waals surface area contributed by atoms with E-state index in [0.717, 1.165) is 11.1 Å². The fourth-order valence-electron chi connectivity index (χ4n) is 2.71. The van der Waals surface area contributed by atoms with E-state index in [1.807, 2.05) is 36.4 Å². The van der Waals surface area contributed by atoms with Crippen LogP contribution in [0.15, 0.2) is 83.0 Å². The number of nitrogens with zero attached hydrogens (tertiary/aromatic N) is 2. The van der Waals surface area contributed by atoms with Crippen molar-refractivity contribution in [3.63, 3.8) is 0 Å². The van der Waals surface area contributed by atoms with Gasteiger partial charge in [0.25, 0.3) is 11.8 Å². The topological polar surface area (TPSA) is 101 Å². The number of hydrogen-bond acceptors (Lipinski definition) is 6. The lowest BCUT2D eigenvalue weighted by molar-refractivity contribution is 0.0954. The van der Waals surface area contributed by atoms with Crippen molar-refractivity contribution >= 4 is 24.2 Å². The van der Waals surface area contributed by atoms with E-state index in [-0.39, 0.29) is 11.1 Å². The Morgan fingerprint density at radius 2 is 1.12 bits per heavy atom. The highest BCUT2D eigenvalue weighted by molar-refractivity contribution is 6.00. The van der Waals surface area contributed by atoms with Crippen LogP contribution in [-0.4, -0.2) is 38.5 Å². The first-order valence-corrected chi connectivity index (χ1v) is 9.64. The minimum absolute atomic E-state index is 0.289. The molecule has 2 amide bonds. The molecule has 0 fully saturated rings. The number of carbonyl (C=O) groups excluding carboxylic acids is 2. The van der Waals surface area contributed by atoms with Crippen LogP contribution in [0.4, 0.5) is 0 Å². The largest absolute Gasteiger partial charge is 0.497 e. The molecule has 3 aromatic carbocycles. The molecule has 0 saturated carbocycles. The summed E-state index contributed by atoms with van der Waals surface area (Å²) < 4.78 is 10.3. The van der Waals surface area contributed by atoms with Crippen LogP contribution >= 0.6 is 0 Å². The second-order valence-corrected chi connectivity index (χ2v) is 6.53. The minimum atomic E-state index is -0.446. The summed E-state index contributed by atoms with van der Waals surface area (Å²) in [7, 11) is 3.15. The summed E-state index contributed by atoms with van der Waals surface area (Å²) in [6.07, 6.45) is 3.01. The molecule has 0 heterocycles. The van der Waals surface area contributed by atoms with E-state index in [2.05, 4.69) is 21.1 Å². The summed E-state index contributed by atoms with van der Waals surface area (Å²) in [6.45, 7) is 0. The zero-order valence-electron chi connectivity index (χ0n) is 17.6. The third kappa shape index (κ3) is 6.27. The van der Waals surface area contributed by atoms with E-state index in [1.54, 1.807) is 44.6 Å². The third-order valence-electron chi connectivity index (χ3n) is 4.33. The first-order valence-electron chi connectivity index (χ1n) is 9.64. The first kappa shape index (κ1) is 22.2. The van der Waals surface area contributed by atoms with Gasteiger partial charge in [-0.3, -0.25) is 9.59 Å². The van der Waals surface area contributed by atoms with Gasteiger partial charge in [0.2, 0.25) is 0 Å². The molecule has 3 rings (SSSR count). The molecule has 0 radical (unpaired) electrons. The molecule has 8 nitrogen and oxygen atoms in total. The molecular formula is C24H22N4O4. The van der Waals surface area contributed by atoms with Crippen molar-refractivity contribution in [3.8, 4) is 11.5 Å².